The number of hydrogen-bond donors (Lipinski definition) is 1. The fourth-order valence-electron chi connectivity index (χ4n) is 2.59. The maximum Gasteiger partial charge on any atom is 0.134 e. The summed E-state index contributed by atoms with van der Waals surface area (Å²) in [6.07, 6.45) is 1.53. The number of nitrogens with zero attached hydrogens (tertiary/aromatic N) is 4. The minimum absolute atomic E-state index is 0.247. The molecule has 2 saturated heterocycles. The van der Waals surface area contributed by atoms with Gasteiger partial charge in [-0.05, 0) is 6.92 Å². The van der Waals surface area contributed by atoms with Gasteiger partial charge in [0.2, 0.25) is 0 Å². The number of aromatic nitrogens is 2. The van der Waals surface area contributed by atoms with Crippen LogP contribution in [0.15, 0.2) is 12.4 Å². The van der Waals surface area contributed by atoms with Crippen LogP contribution in [-0.4, -0.2) is 59.8 Å². The molecule has 0 bridgehead atoms. The second-order valence-corrected chi connectivity index (χ2v) is 5.26. The van der Waals surface area contributed by atoms with Crippen molar-refractivity contribution in [3.05, 3.63) is 12.4 Å². The maximum absolute atomic E-state index is 5.69. The molecule has 0 radical (unpaired) electrons. The fourth-order valence-corrected chi connectivity index (χ4v) is 2.59. The zero-order chi connectivity index (χ0) is 12.6. The van der Waals surface area contributed by atoms with E-state index in [1.54, 1.807) is 0 Å². The quantitative estimate of drug-likeness (QED) is 0.794. The Labute approximate surface area is 107 Å². The van der Waals surface area contributed by atoms with Crippen molar-refractivity contribution in [2.75, 3.05) is 50.0 Å². The molecule has 2 aliphatic heterocycles. The van der Waals surface area contributed by atoms with Crippen molar-refractivity contribution >= 4 is 11.6 Å². The summed E-state index contributed by atoms with van der Waals surface area (Å²) in [5.41, 5.74) is 5.93. The summed E-state index contributed by atoms with van der Waals surface area (Å²) >= 11 is 0. The number of rotatable bonds is 2. The molecule has 0 unspecified atom stereocenters. The van der Waals surface area contributed by atoms with Crippen LogP contribution in [0, 0.1) is 0 Å². The summed E-state index contributed by atoms with van der Waals surface area (Å²) in [6, 6.07) is 1.84. The molecule has 0 atom stereocenters. The molecule has 3 heterocycles. The summed E-state index contributed by atoms with van der Waals surface area (Å²) in [4.78, 5) is 13.0. The van der Waals surface area contributed by atoms with Gasteiger partial charge in [-0.25, -0.2) is 9.97 Å². The second kappa shape index (κ2) is 4.37. The zero-order valence-corrected chi connectivity index (χ0v) is 10.7. The molecule has 3 rings (SSSR count). The highest BCUT2D eigenvalue weighted by Crippen LogP contribution is 2.26. The van der Waals surface area contributed by atoms with Gasteiger partial charge in [-0.1, -0.05) is 0 Å². The van der Waals surface area contributed by atoms with Gasteiger partial charge in [-0.15, -0.1) is 0 Å². The molecular weight excluding hydrogens is 230 g/mol. The normalized spacial score (nSPS) is 23.7. The van der Waals surface area contributed by atoms with Crippen molar-refractivity contribution < 1.29 is 4.74 Å². The lowest BCUT2D eigenvalue weighted by Crippen LogP contribution is -2.64. The molecule has 0 spiro atoms. The summed E-state index contributed by atoms with van der Waals surface area (Å²) < 4.78 is 5.33. The van der Waals surface area contributed by atoms with Gasteiger partial charge in [0.15, 0.2) is 0 Å². The summed E-state index contributed by atoms with van der Waals surface area (Å²) in [6.45, 7) is 8.03. The number of piperazine rings is 1. The lowest BCUT2D eigenvalue weighted by atomic mass is 9.97. The van der Waals surface area contributed by atoms with Gasteiger partial charge in [0, 0.05) is 32.2 Å². The van der Waals surface area contributed by atoms with Gasteiger partial charge in [-0.2, -0.15) is 0 Å². The van der Waals surface area contributed by atoms with E-state index in [9.17, 15) is 0 Å². The predicted octanol–water partition coefficient (Wildman–Crippen LogP) is -0.0303. The molecule has 2 N–H and O–H groups in total. The monoisotopic (exact) mass is 249 g/mol. The molecule has 0 amide bonds. The van der Waals surface area contributed by atoms with Crippen molar-refractivity contribution in [1.29, 1.82) is 0 Å². The van der Waals surface area contributed by atoms with Crippen molar-refractivity contribution in [3.8, 4) is 0 Å². The van der Waals surface area contributed by atoms with Gasteiger partial charge in [-0.3, -0.25) is 4.90 Å². The molecule has 98 valence electrons. The fraction of sp³-hybridized carbons (Fsp3) is 0.667. The van der Waals surface area contributed by atoms with Crippen LogP contribution in [0.2, 0.25) is 0 Å². The first-order valence-corrected chi connectivity index (χ1v) is 6.33. The van der Waals surface area contributed by atoms with Crippen LogP contribution in [0.3, 0.4) is 0 Å². The van der Waals surface area contributed by atoms with Crippen LogP contribution in [0.1, 0.15) is 6.92 Å². The first kappa shape index (κ1) is 11.7. The molecule has 6 nitrogen and oxygen atoms in total. The average Bonchev–Trinajstić information content (AvgIpc) is 2.36. The molecular formula is C12H19N5O. The first-order valence-electron chi connectivity index (χ1n) is 6.33. The van der Waals surface area contributed by atoms with Crippen LogP contribution in [0.5, 0.6) is 0 Å². The molecule has 6 heteroatoms. The molecule has 1 aromatic heterocycles. The Hall–Kier alpha value is -1.40. The van der Waals surface area contributed by atoms with E-state index < -0.39 is 0 Å². The Morgan fingerprint density at radius 3 is 2.50 bits per heavy atom. The highest BCUT2D eigenvalue weighted by molar-refractivity contribution is 5.46. The largest absolute Gasteiger partial charge is 0.384 e. The van der Waals surface area contributed by atoms with Crippen LogP contribution >= 0.6 is 0 Å². The van der Waals surface area contributed by atoms with E-state index in [0.29, 0.717) is 5.82 Å². The molecule has 0 saturated carbocycles. The van der Waals surface area contributed by atoms with E-state index in [4.69, 9.17) is 10.5 Å². The Bertz CT molecular complexity index is 426. The summed E-state index contributed by atoms with van der Waals surface area (Å²) in [5.74, 6) is 1.46. The summed E-state index contributed by atoms with van der Waals surface area (Å²) in [5, 5.41) is 0. The van der Waals surface area contributed by atoms with E-state index in [1.165, 1.54) is 6.33 Å². The second-order valence-electron chi connectivity index (χ2n) is 5.26. The predicted molar refractivity (Wildman–Crippen MR) is 69.5 cm³/mol. The van der Waals surface area contributed by atoms with Gasteiger partial charge in [0.1, 0.15) is 18.0 Å². The van der Waals surface area contributed by atoms with Crippen LogP contribution in [0.4, 0.5) is 11.6 Å². The minimum Gasteiger partial charge on any atom is -0.384 e. The molecule has 0 aromatic carbocycles. The molecule has 2 aliphatic rings. The van der Waals surface area contributed by atoms with Gasteiger partial charge < -0.3 is 15.4 Å². The van der Waals surface area contributed by atoms with Gasteiger partial charge >= 0.3 is 0 Å². The van der Waals surface area contributed by atoms with Crippen LogP contribution < -0.4 is 10.6 Å². The van der Waals surface area contributed by atoms with Crippen molar-refractivity contribution in [2.24, 2.45) is 0 Å². The van der Waals surface area contributed by atoms with Gasteiger partial charge in [0.25, 0.3) is 0 Å². The smallest absolute Gasteiger partial charge is 0.134 e. The SMILES string of the molecule is CC1(N2CCN(c3cc(N)ncn3)CC2)COC1. The number of anilines is 2. The van der Waals surface area contributed by atoms with Crippen molar-refractivity contribution in [3.63, 3.8) is 0 Å². The standard InChI is InChI=1S/C12H19N5O/c1-12(7-18-8-12)17-4-2-16(3-5-17)11-6-10(13)14-9-15-11/h6,9H,2-5,7-8H2,1H3,(H2,13,14,15). The van der Waals surface area contributed by atoms with E-state index in [2.05, 4.69) is 26.7 Å². The topological polar surface area (TPSA) is 67.5 Å². The lowest BCUT2D eigenvalue weighted by Gasteiger charge is -2.50. The van der Waals surface area contributed by atoms with Crippen molar-refractivity contribution in [1.82, 2.24) is 14.9 Å². The Kier molecular flexibility index (Phi) is 2.83. The van der Waals surface area contributed by atoms with Gasteiger partial charge in [0.05, 0.1) is 18.8 Å². The Balaban J connectivity index is 1.63. The third-order valence-electron chi connectivity index (χ3n) is 3.87. The van der Waals surface area contributed by atoms with E-state index in [0.717, 1.165) is 45.2 Å². The summed E-state index contributed by atoms with van der Waals surface area (Å²) in [7, 11) is 0. The third-order valence-corrected chi connectivity index (χ3v) is 3.87. The Morgan fingerprint density at radius 2 is 1.94 bits per heavy atom. The third kappa shape index (κ3) is 2.02. The average molecular weight is 249 g/mol. The van der Waals surface area contributed by atoms with Crippen LogP contribution in [-0.2, 0) is 4.74 Å². The highest BCUT2D eigenvalue weighted by Gasteiger charge is 2.40. The number of nitrogen functional groups attached to an aromatic ring is 1. The van der Waals surface area contributed by atoms with Crippen LogP contribution in [0.25, 0.3) is 0 Å². The van der Waals surface area contributed by atoms with E-state index in [-0.39, 0.29) is 5.54 Å². The van der Waals surface area contributed by atoms with Crippen molar-refractivity contribution in [2.45, 2.75) is 12.5 Å². The minimum atomic E-state index is 0.247. The number of nitrogens with two attached hydrogens (primary N) is 1. The maximum atomic E-state index is 5.69. The van der Waals surface area contributed by atoms with E-state index in [1.807, 2.05) is 6.07 Å². The lowest BCUT2D eigenvalue weighted by molar-refractivity contribution is -0.131. The van der Waals surface area contributed by atoms with E-state index >= 15 is 0 Å². The molecule has 2 fully saturated rings. The molecule has 1 aromatic rings. The number of ether oxygens (including phenoxy) is 1. The zero-order valence-electron chi connectivity index (χ0n) is 10.7. The molecule has 18 heavy (non-hydrogen) atoms. The highest BCUT2D eigenvalue weighted by atomic mass is 16.5. The Morgan fingerprint density at radius 1 is 1.22 bits per heavy atom. The first-order chi connectivity index (χ1) is 8.67. The number of hydrogen-bond acceptors (Lipinski definition) is 6. The molecule has 0 aliphatic carbocycles.